The number of carboxylic acids is 1. The molecule has 1 atom stereocenters. The molecule has 0 saturated carbocycles. The molecule has 0 aromatic heterocycles. The summed E-state index contributed by atoms with van der Waals surface area (Å²) in [5.74, 6) is -0.689. The maximum absolute atomic E-state index is 12.6. The van der Waals surface area contributed by atoms with Crippen molar-refractivity contribution in [2.45, 2.75) is 19.8 Å². The molecule has 1 amide bonds. The standard InChI is InChI=1S/C15H20N2O4/c1-15(14(19)20)6-3-7-17(9-15)13(18)11-5-4-10(16)8-12(11)21-2/h4-5,8H,3,6-7,9,16H2,1-2H3,(H,19,20). The Kier molecular flexibility index (Phi) is 4.06. The molecule has 21 heavy (non-hydrogen) atoms. The molecule has 1 saturated heterocycles. The number of hydrogen-bond acceptors (Lipinski definition) is 4. The van der Waals surface area contributed by atoms with Gasteiger partial charge in [0.2, 0.25) is 0 Å². The maximum Gasteiger partial charge on any atom is 0.311 e. The van der Waals surface area contributed by atoms with E-state index >= 15 is 0 Å². The Bertz CT molecular complexity index is 573. The summed E-state index contributed by atoms with van der Waals surface area (Å²) in [6, 6.07) is 4.84. The molecule has 3 N–H and O–H groups in total. The number of likely N-dealkylation sites (tertiary alicyclic amines) is 1. The van der Waals surface area contributed by atoms with Crippen LogP contribution in [0.5, 0.6) is 5.75 Å². The van der Waals surface area contributed by atoms with E-state index < -0.39 is 11.4 Å². The summed E-state index contributed by atoms with van der Waals surface area (Å²) in [5, 5.41) is 9.33. The van der Waals surface area contributed by atoms with E-state index in [4.69, 9.17) is 10.5 Å². The summed E-state index contributed by atoms with van der Waals surface area (Å²) in [4.78, 5) is 25.6. The first-order valence-corrected chi connectivity index (χ1v) is 6.83. The zero-order chi connectivity index (χ0) is 15.6. The van der Waals surface area contributed by atoms with Crippen molar-refractivity contribution in [3.05, 3.63) is 23.8 Å². The lowest BCUT2D eigenvalue weighted by Gasteiger charge is -2.37. The fourth-order valence-electron chi connectivity index (χ4n) is 2.64. The molecule has 1 aromatic carbocycles. The lowest BCUT2D eigenvalue weighted by molar-refractivity contribution is -0.150. The number of rotatable bonds is 3. The van der Waals surface area contributed by atoms with Gasteiger partial charge in [0.1, 0.15) is 5.75 Å². The van der Waals surface area contributed by atoms with E-state index in [-0.39, 0.29) is 12.5 Å². The Balaban J connectivity index is 2.26. The fourth-order valence-corrected chi connectivity index (χ4v) is 2.64. The highest BCUT2D eigenvalue weighted by molar-refractivity contribution is 5.97. The lowest BCUT2D eigenvalue weighted by atomic mass is 9.82. The van der Waals surface area contributed by atoms with Crippen molar-refractivity contribution in [3.8, 4) is 5.75 Å². The van der Waals surface area contributed by atoms with Crippen LogP contribution in [0.1, 0.15) is 30.1 Å². The van der Waals surface area contributed by atoms with Crippen LogP contribution < -0.4 is 10.5 Å². The number of nitrogens with two attached hydrogens (primary N) is 1. The molecule has 6 nitrogen and oxygen atoms in total. The second-order valence-electron chi connectivity index (χ2n) is 5.66. The van der Waals surface area contributed by atoms with Gasteiger partial charge in [0.05, 0.1) is 18.1 Å². The van der Waals surface area contributed by atoms with E-state index in [1.807, 2.05) is 0 Å². The van der Waals surface area contributed by atoms with Crippen LogP contribution in [0.3, 0.4) is 0 Å². The Morgan fingerprint density at radius 3 is 2.76 bits per heavy atom. The molecule has 1 aliphatic rings. The molecule has 1 aromatic rings. The molecule has 1 fully saturated rings. The normalized spacial score (nSPS) is 21.9. The molecule has 1 heterocycles. The van der Waals surface area contributed by atoms with Crippen molar-refractivity contribution in [2.24, 2.45) is 5.41 Å². The Labute approximate surface area is 123 Å². The number of benzene rings is 1. The van der Waals surface area contributed by atoms with Gasteiger partial charge in [-0.1, -0.05) is 0 Å². The van der Waals surface area contributed by atoms with Crippen LogP contribution in [-0.2, 0) is 4.79 Å². The highest BCUT2D eigenvalue weighted by Crippen LogP contribution is 2.32. The summed E-state index contributed by atoms with van der Waals surface area (Å²) in [6.07, 6.45) is 1.25. The highest BCUT2D eigenvalue weighted by Gasteiger charge is 2.39. The molecule has 1 unspecified atom stereocenters. The predicted octanol–water partition coefficient (Wildman–Crippen LogP) is 1.60. The zero-order valence-electron chi connectivity index (χ0n) is 12.3. The fraction of sp³-hybridized carbons (Fsp3) is 0.467. The first-order valence-electron chi connectivity index (χ1n) is 6.83. The number of methoxy groups -OCH3 is 1. The molecule has 6 heteroatoms. The van der Waals surface area contributed by atoms with E-state index in [0.29, 0.717) is 36.4 Å². The van der Waals surface area contributed by atoms with Crippen molar-refractivity contribution in [1.29, 1.82) is 0 Å². The molecular formula is C15H20N2O4. The molecule has 2 rings (SSSR count). The molecule has 114 valence electrons. The topological polar surface area (TPSA) is 92.9 Å². The van der Waals surface area contributed by atoms with Gasteiger partial charge in [-0.2, -0.15) is 0 Å². The number of carbonyl (C=O) groups is 2. The third-order valence-corrected chi connectivity index (χ3v) is 3.96. The highest BCUT2D eigenvalue weighted by atomic mass is 16.5. The number of anilines is 1. The molecule has 1 aliphatic heterocycles. The smallest absolute Gasteiger partial charge is 0.311 e. The minimum Gasteiger partial charge on any atom is -0.496 e. The summed E-state index contributed by atoms with van der Waals surface area (Å²) in [5.41, 5.74) is 5.70. The van der Waals surface area contributed by atoms with Gasteiger partial charge in [0, 0.05) is 24.8 Å². The predicted molar refractivity (Wildman–Crippen MR) is 78.3 cm³/mol. The summed E-state index contributed by atoms with van der Waals surface area (Å²) in [6.45, 7) is 2.43. The monoisotopic (exact) mass is 292 g/mol. The minimum atomic E-state index is -0.894. The second kappa shape index (κ2) is 5.63. The van der Waals surface area contributed by atoms with Gasteiger partial charge in [0.25, 0.3) is 5.91 Å². The third kappa shape index (κ3) is 2.94. The number of nitrogen functional groups attached to an aromatic ring is 1. The summed E-state index contributed by atoms with van der Waals surface area (Å²) < 4.78 is 5.19. The van der Waals surface area contributed by atoms with E-state index in [2.05, 4.69) is 0 Å². The van der Waals surface area contributed by atoms with E-state index in [0.717, 1.165) is 0 Å². The number of nitrogens with zero attached hydrogens (tertiary/aromatic N) is 1. The van der Waals surface area contributed by atoms with Crippen LogP contribution >= 0.6 is 0 Å². The van der Waals surface area contributed by atoms with Crippen LogP contribution in [0.15, 0.2) is 18.2 Å². The number of carbonyl (C=O) groups excluding carboxylic acids is 1. The minimum absolute atomic E-state index is 0.203. The van der Waals surface area contributed by atoms with Crippen LogP contribution in [0.2, 0.25) is 0 Å². The van der Waals surface area contributed by atoms with Crippen molar-refractivity contribution in [3.63, 3.8) is 0 Å². The van der Waals surface area contributed by atoms with Crippen molar-refractivity contribution < 1.29 is 19.4 Å². The van der Waals surface area contributed by atoms with Crippen LogP contribution in [0.25, 0.3) is 0 Å². The number of piperidine rings is 1. The summed E-state index contributed by atoms with van der Waals surface area (Å²) in [7, 11) is 1.48. The summed E-state index contributed by atoms with van der Waals surface area (Å²) >= 11 is 0. The number of aliphatic carboxylic acids is 1. The van der Waals surface area contributed by atoms with Crippen molar-refractivity contribution in [1.82, 2.24) is 4.90 Å². The molecule has 0 bridgehead atoms. The number of amides is 1. The van der Waals surface area contributed by atoms with Gasteiger partial charge in [0.15, 0.2) is 0 Å². The maximum atomic E-state index is 12.6. The van der Waals surface area contributed by atoms with Gasteiger partial charge in [-0.3, -0.25) is 9.59 Å². The van der Waals surface area contributed by atoms with Gasteiger partial charge < -0.3 is 20.5 Å². The lowest BCUT2D eigenvalue weighted by Crippen LogP contribution is -2.48. The Morgan fingerprint density at radius 1 is 1.43 bits per heavy atom. The van der Waals surface area contributed by atoms with Crippen LogP contribution in [0, 0.1) is 5.41 Å². The first-order chi connectivity index (χ1) is 9.87. The second-order valence-corrected chi connectivity index (χ2v) is 5.66. The number of ether oxygens (including phenoxy) is 1. The quantitative estimate of drug-likeness (QED) is 0.825. The zero-order valence-corrected chi connectivity index (χ0v) is 12.3. The van der Waals surface area contributed by atoms with Crippen LogP contribution in [0.4, 0.5) is 5.69 Å². The average molecular weight is 292 g/mol. The van der Waals surface area contributed by atoms with Crippen molar-refractivity contribution in [2.75, 3.05) is 25.9 Å². The molecule has 0 radical (unpaired) electrons. The third-order valence-electron chi connectivity index (χ3n) is 3.96. The van der Waals surface area contributed by atoms with E-state index in [1.165, 1.54) is 7.11 Å². The molecule has 0 spiro atoms. The SMILES string of the molecule is COc1cc(N)ccc1C(=O)N1CCCC(C)(C(=O)O)C1. The first kappa shape index (κ1) is 15.2. The number of carboxylic acid groups (broad SMARTS) is 1. The average Bonchev–Trinajstić information content (AvgIpc) is 2.46. The van der Waals surface area contributed by atoms with Crippen molar-refractivity contribution >= 4 is 17.6 Å². The van der Waals surface area contributed by atoms with Gasteiger partial charge >= 0.3 is 5.97 Å². The molecular weight excluding hydrogens is 272 g/mol. The number of hydrogen-bond donors (Lipinski definition) is 2. The Morgan fingerprint density at radius 2 is 2.14 bits per heavy atom. The Hall–Kier alpha value is -2.24. The van der Waals surface area contributed by atoms with E-state index in [9.17, 15) is 14.7 Å². The van der Waals surface area contributed by atoms with Gasteiger partial charge in [-0.15, -0.1) is 0 Å². The van der Waals surface area contributed by atoms with Gasteiger partial charge in [-0.05, 0) is 31.9 Å². The largest absolute Gasteiger partial charge is 0.496 e. The molecule has 0 aliphatic carbocycles. The van der Waals surface area contributed by atoms with Gasteiger partial charge in [-0.25, -0.2) is 0 Å². The van der Waals surface area contributed by atoms with E-state index in [1.54, 1.807) is 30.0 Å². The van der Waals surface area contributed by atoms with Crippen LogP contribution in [-0.4, -0.2) is 42.1 Å².